The van der Waals surface area contributed by atoms with Gasteiger partial charge in [0.05, 0.1) is 11.0 Å². The zero-order chi connectivity index (χ0) is 29.2. The molecular formula is C31H42ClN5O3. The average molecular weight is 568 g/mol. The Labute approximate surface area is 242 Å². The van der Waals surface area contributed by atoms with Crippen molar-refractivity contribution in [3.05, 3.63) is 58.6 Å². The number of anilines is 1. The lowest BCUT2D eigenvalue weighted by Crippen LogP contribution is -2.47. The predicted octanol–water partition coefficient (Wildman–Crippen LogP) is 6.87. The molecule has 2 atom stereocenters. The number of hydrogen-bond donors (Lipinski definition) is 2. The lowest BCUT2D eigenvalue weighted by Gasteiger charge is -2.38. The van der Waals surface area contributed by atoms with Gasteiger partial charge in [-0.3, -0.25) is 10.1 Å². The highest BCUT2D eigenvalue weighted by Crippen LogP contribution is 2.29. The van der Waals surface area contributed by atoms with Crippen molar-refractivity contribution in [2.24, 2.45) is 5.41 Å². The van der Waals surface area contributed by atoms with Gasteiger partial charge < -0.3 is 19.5 Å². The molecule has 3 aromatic rings. The summed E-state index contributed by atoms with van der Waals surface area (Å²) >= 11 is 6.01. The van der Waals surface area contributed by atoms with Gasteiger partial charge in [-0.1, -0.05) is 38.4 Å². The Balaban J connectivity index is 1.67. The van der Waals surface area contributed by atoms with Gasteiger partial charge in [0.1, 0.15) is 5.60 Å². The van der Waals surface area contributed by atoms with E-state index in [1.165, 1.54) is 0 Å². The maximum Gasteiger partial charge on any atom is 0.410 e. The van der Waals surface area contributed by atoms with Crippen LogP contribution in [0.25, 0.3) is 11.0 Å². The van der Waals surface area contributed by atoms with Crippen molar-refractivity contribution in [1.82, 2.24) is 19.8 Å². The van der Waals surface area contributed by atoms with E-state index >= 15 is 0 Å². The van der Waals surface area contributed by atoms with E-state index in [0.717, 1.165) is 36.0 Å². The minimum atomic E-state index is -0.596. The van der Waals surface area contributed by atoms with E-state index in [2.05, 4.69) is 42.9 Å². The van der Waals surface area contributed by atoms with Crippen LogP contribution in [0.15, 0.2) is 42.5 Å². The second-order valence-corrected chi connectivity index (χ2v) is 13.2. The Bertz CT molecular complexity index is 1350. The molecule has 8 nitrogen and oxygen atoms in total. The summed E-state index contributed by atoms with van der Waals surface area (Å²) in [4.78, 5) is 33.0. The van der Waals surface area contributed by atoms with Crippen LogP contribution in [0.3, 0.4) is 0 Å². The average Bonchev–Trinajstić information content (AvgIpc) is 3.49. The second-order valence-electron chi connectivity index (χ2n) is 12.8. The first-order valence-electron chi connectivity index (χ1n) is 14.0. The first-order valence-corrected chi connectivity index (χ1v) is 14.4. The zero-order valence-electron chi connectivity index (χ0n) is 24.7. The van der Waals surface area contributed by atoms with Crippen LogP contribution in [0, 0.1) is 5.41 Å². The molecule has 4 rings (SSSR count). The normalized spacial score (nSPS) is 16.6. The molecule has 0 spiro atoms. The third-order valence-electron chi connectivity index (χ3n) is 7.41. The molecule has 1 saturated heterocycles. The van der Waals surface area contributed by atoms with Gasteiger partial charge in [0.2, 0.25) is 5.95 Å². The quantitative estimate of drug-likeness (QED) is 0.325. The highest BCUT2D eigenvalue weighted by atomic mass is 35.5. The molecule has 1 aliphatic heterocycles. The molecule has 1 unspecified atom stereocenters. The zero-order valence-corrected chi connectivity index (χ0v) is 25.4. The van der Waals surface area contributed by atoms with E-state index in [1.54, 1.807) is 29.2 Å². The number of ether oxygens (including phenoxy) is 1. The van der Waals surface area contributed by atoms with Gasteiger partial charge in [-0.05, 0) is 94.5 Å². The molecule has 1 aromatic heterocycles. The number of nitrogens with zero attached hydrogens (tertiary/aromatic N) is 3. The number of benzene rings is 2. The van der Waals surface area contributed by atoms with Gasteiger partial charge in [-0.2, -0.15) is 0 Å². The van der Waals surface area contributed by atoms with Crippen LogP contribution in [0.1, 0.15) is 77.2 Å². The SMILES string of the molecule is C[C@H](N(Cc1ccc2c(c1)nc(NC(=O)c1ccc(Cl)cc1)n2CC1CCCN1)C(=O)OC(C)(C)C)C(C)(C)C. The predicted molar refractivity (Wildman–Crippen MR) is 161 cm³/mol. The van der Waals surface area contributed by atoms with E-state index in [4.69, 9.17) is 21.3 Å². The number of carbonyl (C=O) groups is 2. The Morgan fingerprint density at radius 2 is 1.85 bits per heavy atom. The minimum Gasteiger partial charge on any atom is -0.444 e. The standard InChI is InChI=1S/C31H42ClN5O3/c1-20(30(2,3)4)36(29(39)40-31(5,6)7)18-21-10-15-26-25(17-21)34-28(37(26)19-24-9-8-16-33-24)35-27(38)22-11-13-23(32)14-12-22/h10-15,17,20,24,33H,8-9,16,18-19H2,1-7H3,(H,34,35,38)/t20-,24?/m0/s1. The van der Waals surface area contributed by atoms with Crippen LogP contribution in [0.4, 0.5) is 10.7 Å². The van der Waals surface area contributed by atoms with Crippen molar-refractivity contribution in [2.45, 2.75) is 92.1 Å². The Morgan fingerprint density at radius 3 is 2.45 bits per heavy atom. The maximum absolute atomic E-state index is 13.3. The highest BCUT2D eigenvalue weighted by Gasteiger charge is 2.33. The molecule has 0 aliphatic carbocycles. The third kappa shape index (κ3) is 7.34. The smallest absolute Gasteiger partial charge is 0.410 e. The maximum atomic E-state index is 13.3. The number of imidazole rings is 1. The Hall–Kier alpha value is -3.10. The van der Waals surface area contributed by atoms with Gasteiger partial charge in [-0.25, -0.2) is 9.78 Å². The molecule has 9 heteroatoms. The number of amides is 2. The Morgan fingerprint density at radius 1 is 1.15 bits per heavy atom. The van der Waals surface area contributed by atoms with Crippen LogP contribution < -0.4 is 10.6 Å². The number of fused-ring (bicyclic) bond motifs is 1. The van der Waals surface area contributed by atoms with Crippen molar-refractivity contribution < 1.29 is 14.3 Å². The van der Waals surface area contributed by atoms with Crippen molar-refractivity contribution >= 4 is 40.6 Å². The largest absolute Gasteiger partial charge is 0.444 e. The molecule has 0 saturated carbocycles. The van der Waals surface area contributed by atoms with Crippen molar-refractivity contribution in [3.63, 3.8) is 0 Å². The van der Waals surface area contributed by atoms with Crippen LogP contribution in [0.2, 0.25) is 5.02 Å². The molecule has 0 bridgehead atoms. The van der Waals surface area contributed by atoms with Gasteiger partial charge in [-0.15, -0.1) is 0 Å². The molecule has 0 radical (unpaired) electrons. The fourth-order valence-electron chi connectivity index (χ4n) is 4.81. The summed E-state index contributed by atoms with van der Waals surface area (Å²) in [6.45, 7) is 16.1. The molecule has 1 fully saturated rings. The number of aromatic nitrogens is 2. The molecule has 216 valence electrons. The number of hydrogen-bond acceptors (Lipinski definition) is 5. The minimum absolute atomic E-state index is 0.0710. The number of rotatable bonds is 7. The lowest BCUT2D eigenvalue weighted by molar-refractivity contribution is 0.00270. The van der Waals surface area contributed by atoms with Crippen molar-refractivity contribution in [2.75, 3.05) is 11.9 Å². The second kappa shape index (κ2) is 11.8. The van der Waals surface area contributed by atoms with Crippen LogP contribution >= 0.6 is 11.6 Å². The van der Waals surface area contributed by atoms with E-state index in [9.17, 15) is 9.59 Å². The summed E-state index contributed by atoms with van der Waals surface area (Å²) in [5.41, 5.74) is 2.39. The first kappa shape index (κ1) is 29.9. The van der Waals surface area contributed by atoms with E-state index in [-0.39, 0.29) is 23.5 Å². The topological polar surface area (TPSA) is 88.5 Å². The molecule has 1 aliphatic rings. The highest BCUT2D eigenvalue weighted by molar-refractivity contribution is 6.30. The summed E-state index contributed by atoms with van der Waals surface area (Å²) in [6, 6.07) is 13.1. The van der Waals surface area contributed by atoms with E-state index < -0.39 is 5.60 Å². The lowest BCUT2D eigenvalue weighted by atomic mass is 9.87. The summed E-state index contributed by atoms with van der Waals surface area (Å²) in [7, 11) is 0. The fourth-order valence-corrected chi connectivity index (χ4v) is 4.93. The number of carbonyl (C=O) groups excluding carboxylic acids is 2. The molecule has 40 heavy (non-hydrogen) atoms. The molecule has 2 heterocycles. The molecule has 2 amide bonds. The van der Waals surface area contributed by atoms with Gasteiger partial charge in [0.25, 0.3) is 5.91 Å². The van der Waals surface area contributed by atoms with E-state index in [1.807, 2.05) is 39.0 Å². The summed E-state index contributed by atoms with van der Waals surface area (Å²) < 4.78 is 7.84. The van der Waals surface area contributed by atoms with Crippen molar-refractivity contribution in [1.29, 1.82) is 0 Å². The summed E-state index contributed by atoms with van der Waals surface area (Å²) in [6.07, 6.45) is 1.85. The van der Waals surface area contributed by atoms with Crippen LogP contribution in [0.5, 0.6) is 0 Å². The number of nitrogens with one attached hydrogen (secondary N) is 2. The molecule has 2 N–H and O–H groups in total. The Kier molecular flexibility index (Phi) is 8.80. The molecule has 2 aromatic carbocycles. The number of halogens is 1. The van der Waals surface area contributed by atoms with Crippen molar-refractivity contribution in [3.8, 4) is 0 Å². The third-order valence-corrected chi connectivity index (χ3v) is 7.66. The van der Waals surface area contributed by atoms with E-state index in [0.29, 0.717) is 35.7 Å². The van der Waals surface area contributed by atoms with Gasteiger partial charge in [0.15, 0.2) is 0 Å². The van der Waals surface area contributed by atoms with Crippen LogP contribution in [-0.2, 0) is 17.8 Å². The van der Waals surface area contributed by atoms with Gasteiger partial charge in [0, 0.05) is 35.8 Å². The van der Waals surface area contributed by atoms with Crippen LogP contribution in [-0.4, -0.2) is 50.7 Å². The monoisotopic (exact) mass is 567 g/mol. The van der Waals surface area contributed by atoms with Gasteiger partial charge >= 0.3 is 6.09 Å². The fraction of sp³-hybridized carbons (Fsp3) is 0.516. The molecular weight excluding hydrogens is 526 g/mol. The first-order chi connectivity index (χ1) is 18.7. The summed E-state index contributed by atoms with van der Waals surface area (Å²) in [5, 5.41) is 7.12. The summed E-state index contributed by atoms with van der Waals surface area (Å²) in [5.74, 6) is 0.246.